The number of nitriles is 1. The number of aromatic nitrogens is 2. The summed E-state index contributed by atoms with van der Waals surface area (Å²) in [6.07, 6.45) is 4.93. The fourth-order valence-electron chi connectivity index (χ4n) is 9.87. The number of anilines is 2. The van der Waals surface area contributed by atoms with E-state index in [0.717, 1.165) is 79.3 Å². The number of carbonyl (C=O) groups is 5. The van der Waals surface area contributed by atoms with Crippen LogP contribution >= 0.6 is 11.6 Å². The lowest BCUT2D eigenvalue weighted by atomic mass is 9.77. The highest BCUT2D eigenvalue weighted by Gasteiger charge is 2.47. The molecule has 4 saturated heterocycles. The molecule has 9 rings (SSSR count). The largest absolute Gasteiger partial charge is 0.368 e. The van der Waals surface area contributed by atoms with Gasteiger partial charge < -0.3 is 14.7 Å². The molecule has 1 unspecified atom stereocenters. The number of imide groups is 2. The first-order valence-electron chi connectivity index (χ1n) is 19.5. The molecular weight excluding hydrogens is 734 g/mol. The lowest BCUT2D eigenvalue weighted by molar-refractivity contribution is -0.136. The number of fused-ring (bicyclic) bond motifs is 2. The number of amides is 5. The van der Waals surface area contributed by atoms with Crippen molar-refractivity contribution in [1.29, 1.82) is 5.26 Å². The number of nitrogens with one attached hydrogen (secondary N) is 1. The summed E-state index contributed by atoms with van der Waals surface area (Å²) in [6.45, 7) is 7.37. The van der Waals surface area contributed by atoms with Gasteiger partial charge in [0, 0.05) is 70.0 Å². The molecule has 5 amide bonds. The number of carbonyl (C=O) groups excluding carboxylic acids is 5. The standard InChI is InChI=1S/C41H42ClN9O5/c1-24-19-41(23-50(24)29-3-2-25(20-43)32(42)18-29)10-14-47(15-11-41)35-6-4-33(45-46-35)40(56)48-12-8-28(9-13-48)49-21-26-16-30-31(17-27(26)22-49)39(55)51(38(30)54)34-5-7-36(52)44-37(34)53/h2-4,6,16-18,24,28,34H,5,7-15,19,21-23H2,1H3,(H,44,52,53)/t24-,34?/m0/s1. The molecule has 1 aromatic heterocycles. The second-order valence-corrected chi connectivity index (χ2v) is 16.7. The van der Waals surface area contributed by atoms with Crippen molar-refractivity contribution in [1.82, 2.24) is 30.2 Å². The van der Waals surface area contributed by atoms with Gasteiger partial charge in [-0.25, -0.2) is 0 Å². The molecule has 2 aromatic carbocycles. The van der Waals surface area contributed by atoms with Crippen molar-refractivity contribution < 1.29 is 24.0 Å². The highest BCUT2D eigenvalue weighted by Crippen LogP contribution is 2.46. The van der Waals surface area contributed by atoms with E-state index in [1.165, 1.54) is 0 Å². The van der Waals surface area contributed by atoms with Gasteiger partial charge in [-0.3, -0.25) is 39.1 Å². The van der Waals surface area contributed by atoms with E-state index in [0.29, 0.717) is 59.6 Å². The third-order valence-electron chi connectivity index (χ3n) is 13.0. The van der Waals surface area contributed by atoms with Crippen LogP contribution in [0.4, 0.5) is 11.5 Å². The van der Waals surface area contributed by atoms with Gasteiger partial charge in [0.05, 0.1) is 21.7 Å². The van der Waals surface area contributed by atoms with Crippen LogP contribution in [0.5, 0.6) is 0 Å². The molecule has 1 N–H and O–H groups in total. The minimum Gasteiger partial charge on any atom is -0.368 e. The average molecular weight is 776 g/mol. The smallest absolute Gasteiger partial charge is 0.274 e. The zero-order valence-electron chi connectivity index (χ0n) is 31.2. The molecule has 0 bridgehead atoms. The molecule has 3 aromatic rings. The Morgan fingerprint density at radius 2 is 1.61 bits per heavy atom. The van der Waals surface area contributed by atoms with Gasteiger partial charge >= 0.3 is 0 Å². The fourth-order valence-corrected chi connectivity index (χ4v) is 10.1. The SMILES string of the molecule is C[C@H]1CC2(CCN(c3ccc(C(=O)N4CCC(N5Cc6cc7c(cc6C5)C(=O)N(C5CCC(=O)NC5=O)C7=O)CC4)nn3)CC2)CN1c1ccc(C#N)c(Cl)c1. The van der Waals surface area contributed by atoms with Crippen LogP contribution < -0.4 is 15.1 Å². The minimum atomic E-state index is -0.983. The highest BCUT2D eigenvalue weighted by molar-refractivity contribution is 6.32. The first-order valence-corrected chi connectivity index (χ1v) is 19.8. The van der Waals surface area contributed by atoms with Gasteiger partial charge in [0.25, 0.3) is 17.7 Å². The molecule has 2 atom stereocenters. The molecule has 6 aliphatic rings. The Morgan fingerprint density at radius 1 is 0.911 bits per heavy atom. The van der Waals surface area contributed by atoms with Crippen LogP contribution in [0, 0.1) is 16.7 Å². The van der Waals surface area contributed by atoms with Crippen LogP contribution in [0.2, 0.25) is 5.02 Å². The summed E-state index contributed by atoms with van der Waals surface area (Å²) in [5.74, 6) is -1.35. The van der Waals surface area contributed by atoms with Gasteiger partial charge in [0.1, 0.15) is 12.1 Å². The van der Waals surface area contributed by atoms with Crippen LogP contribution in [0.15, 0.2) is 42.5 Å². The summed E-state index contributed by atoms with van der Waals surface area (Å²) < 4.78 is 0. The summed E-state index contributed by atoms with van der Waals surface area (Å²) in [7, 11) is 0. The molecule has 288 valence electrons. The van der Waals surface area contributed by atoms with Crippen molar-refractivity contribution in [2.75, 3.05) is 42.5 Å². The second-order valence-electron chi connectivity index (χ2n) is 16.3. The Balaban J connectivity index is 0.766. The quantitative estimate of drug-likeness (QED) is 0.374. The molecule has 15 heteroatoms. The van der Waals surface area contributed by atoms with Crippen molar-refractivity contribution >= 4 is 52.6 Å². The maximum absolute atomic E-state index is 13.5. The number of benzene rings is 2. The van der Waals surface area contributed by atoms with Crippen molar-refractivity contribution in [3.05, 3.63) is 81.0 Å². The van der Waals surface area contributed by atoms with E-state index in [-0.39, 0.29) is 30.2 Å². The number of piperidine rings is 3. The van der Waals surface area contributed by atoms with E-state index in [1.54, 1.807) is 24.3 Å². The number of hydrogen-bond donors (Lipinski definition) is 1. The molecule has 7 heterocycles. The Labute approximate surface area is 329 Å². The molecule has 0 radical (unpaired) electrons. The van der Waals surface area contributed by atoms with Crippen LogP contribution in [-0.4, -0.2) is 105 Å². The Bertz CT molecular complexity index is 2160. The zero-order valence-corrected chi connectivity index (χ0v) is 31.9. The Hall–Kier alpha value is -5.39. The predicted octanol–water partition coefficient (Wildman–Crippen LogP) is 3.91. The number of nitrogens with zero attached hydrogens (tertiary/aromatic N) is 8. The van der Waals surface area contributed by atoms with Crippen LogP contribution in [0.1, 0.15) is 99.8 Å². The third kappa shape index (κ3) is 6.27. The topological polar surface area (TPSA) is 163 Å². The van der Waals surface area contributed by atoms with Gasteiger partial charge in [0.2, 0.25) is 11.8 Å². The Morgan fingerprint density at radius 3 is 2.21 bits per heavy atom. The molecule has 0 aliphatic carbocycles. The van der Waals surface area contributed by atoms with Gasteiger partial charge in [-0.15, -0.1) is 10.2 Å². The lowest BCUT2D eigenvalue weighted by Gasteiger charge is -2.39. The fraction of sp³-hybridized carbons (Fsp3) is 0.463. The summed E-state index contributed by atoms with van der Waals surface area (Å²) in [4.78, 5) is 74.1. The van der Waals surface area contributed by atoms with Gasteiger partial charge in [-0.1, -0.05) is 11.6 Å². The van der Waals surface area contributed by atoms with E-state index in [4.69, 9.17) is 11.6 Å². The zero-order chi connectivity index (χ0) is 38.9. The van der Waals surface area contributed by atoms with E-state index < -0.39 is 29.7 Å². The normalized spacial score (nSPS) is 23.8. The molecule has 4 fully saturated rings. The third-order valence-corrected chi connectivity index (χ3v) is 13.3. The lowest BCUT2D eigenvalue weighted by Crippen LogP contribution is -2.54. The van der Waals surface area contributed by atoms with E-state index in [2.05, 4.69) is 43.2 Å². The highest BCUT2D eigenvalue weighted by atomic mass is 35.5. The summed E-state index contributed by atoms with van der Waals surface area (Å²) in [5, 5.41) is 20.9. The molecule has 14 nitrogen and oxygen atoms in total. The molecule has 0 saturated carbocycles. The van der Waals surface area contributed by atoms with Gasteiger partial charge in [-0.2, -0.15) is 5.26 Å². The van der Waals surface area contributed by atoms with E-state index >= 15 is 0 Å². The molecule has 56 heavy (non-hydrogen) atoms. The van der Waals surface area contributed by atoms with Gasteiger partial charge in [-0.05, 0) is 104 Å². The summed E-state index contributed by atoms with van der Waals surface area (Å²) >= 11 is 6.36. The maximum Gasteiger partial charge on any atom is 0.274 e. The van der Waals surface area contributed by atoms with Gasteiger partial charge in [0.15, 0.2) is 11.5 Å². The van der Waals surface area contributed by atoms with Crippen LogP contribution in [0.3, 0.4) is 0 Å². The molecular formula is C41H42ClN9O5. The van der Waals surface area contributed by atoms with Crippen LogP contribution in [0.25, 0.3) is 0 Å². The first-order chi connectivity index (χ1) is 27.0. The molecule has 1 spiro atoms. The van der Waals surface area contributed by atoms with E-state index in [9.17, 15) is 29.2 Å². The number of hydrogen-bond acceptors (Lipinski definition) is 11. The average Bonchev–Trinajstić information content (AvgIpc) is 3.84. The summed E-state index contributed by atoms with van der Waals surface area (Å²) in [5.41, 5.74) is 4.67. The number of rotatable bonds is 5. The monoisotopic (exact) mass is 775 g/mol. The Kier molecular flexibility index (Phi) is 9.04. The molecule has 6 aliphatic heterocycles. The number of halogens is 1. The number of likely N-dealkylation sites (tertiary alicyclic amines) is 1. The second kappa shape index (κ2) is 14.0. The van der Waals surface area contributed by atoms with Crippen LogP contribution in [-0.2, 0) is 22.7 Å². The summed E-state index contributed by atoms with van der Waals surface area (Å²) in [6, 6.07) is 14.7. The first kappa shape index (κ1) is 36.3. The van der Waals surface area contributed by atoms with Crippen molar-refractivity contribution in [3.8, 4) is 6.07 Å². The van der Waals surface area contributed by atoms with E-state index in [1.807, 2.05) is 23.1 Å². The maximum atomic E-state index is 13.5. The van der Waals surface area contributed by atoms with Crippen molar-refractivity contribution in [2.24, 2.45) is 5.41 Å². The predicted molar refractivity (Wildman–Crippen MR) is 205 cm³/mol. The van der Waals surface area contributed by atoms with Crippen molar-refractivity contribution in [2.45, 2.75) is 83.1 Å². The van der Waals surface area contributed by atoms with Crippen molar-refractivity contribution in [3.63, 3.8) is 0 Å². The minimum absolute atomic E-state index is 0.0830.